The van der Waals surface area contributed by atoms with Crippen LogP contribution < -0.4 is 0 Å². The van der Waals surface area contributed by atoms with E-state index in [4.69, 9.17) is 4.74 Å². The van der Waals surface area contributed by atoms with Gasteiger partial charge in [0.25, 0.3) is 0 Å². The summed E-state index contributed by atoms with van der Waals surface area (Å²) in [6.45, 7) is 2.06. The molecule has 1 nitrogen and oxygen atoms in total. The van der Waals surface area contributed by atoms with Crippen molar-refractivity contribution in [3.63, 3.8) is 0 Å². The van der Waals surface area contributed by atoms with Gasteiger partial charge in [0.2, 0.25) is 0 Å². The Kier molecular flexibility index (Phi) is 2.55. The van der Waals surface area contributed by atoms with E-state index in [9.17, 15) is 0 Å². The second-order valence-corrected chi connectivity index (χ2v) is 3.46. The van der Waals surface area contributed by atoms with Gasteiger partial charge >= 0.3 is 0 Å². The molecule has 0 aromatic heterocycles. The van der Waals surface area contributed by atoms with Gasteiger partial charge in [-0.1, -0.05) is 28.1 Å². The molecule has 0 radical (unpaired) electrons. The van der Waals surface area contributed by atoms with E-state index in [-0.39, 0.29) is 0 Å². The van der Waals surface area contributed by atoms with Gasteiger partial charge < -0.3 is 4.74 Å². The smallest absolute Gasteiger partial charge is 0.112 e. The fourth-order valence-corrected chi connectivity index (χ4v) is 1.85. The lowest BCUT2D eigenvalue weighted by Gasteiger charge is -2.16. The zero-order valence-corrected chi connectivity index (χ0v) is 7.81. The average Bonchev–Trinajstić information content (AvgIpc) is 1.88. The van der Waals surface area contributed by atoms with Gasteiger partial charge in [-0.15, -0.1) is 0 Å². The summed E-state index contributed by atoms with van der Waals surface area (Å²) in [7, 11) is 1.71. The van der Waals surface area contributed by atoms with Crippen molar-refractivity contribution in [3.05, 3.63) is 23.5 Å². The molecule has 0 aromatic rings. The second-order valence-electron chi connectivity index (χ2n) is 2.36. The van der Waals surface area contributed by atoms with Crippen molar-refractivity contribution in [1.82, 2.24) is 0 Å². The van der Waals surface area contributed by atoms with Crippen LogP contribution in [0.4, 0.5) is 0 Å². The maximum absolute atomic E-state index is 5.20. The van der Waals surface area contributed by atoms with E-state index in [0.29, 0.717) is 4.83 Å². The van der Waals surface area contributed by atoms with Crippen LogP contribution in [0.15, 0.2) is 23.5 Å². The second kappa shape index (κ2) is 3.24. The molecular formula is C8H11BrO. The number of methoxy groups -OCH3 is 1. The maximum Gasteiger partial charge on any atom is 0.112 e. The van der Waals surface area contributed by atoms with E-state index in [0.717, 1.165) is 12.2 Å². The molecule has 0 aromatic carbocycles. The maximum atomic E-state index is 5.20. The van der Waals surface area contributed by atoms with Gasteiger partial charge in [-0.2, -0.15) is 0 Å². The van der Waals surface area contributed by atoms with Gasteiger partial charge in [-0.3, -0.25) is 0 Å². The van der Waals surface area contributed by atoms with Crippen LogP contribution in [0.3, 0.4) is 0 Å². The minimum absolute atomic E-state index is 0.377. The molecular weight excluding hydrogens is 192 g/mol. The number of allylic oxidation sites excluding steroid dienone is 4. The molecule has 0 saturated heterocycles. The number of halogens is 1. The van der Waals surface area contributed by atoms with Gasteiger partial charge in [0.05, 0.1) is 11.9 Å². The molecule has 10 heavy (non-hydrogen) atoms. The molecule has 56 valence electrons. The van der Waals surface area contributed by atoms with Crippen LogP contribution in [0.1, 0.15) is 13.3 Å². The van der Waals surface area contributed by atoms with Gasteiger partial charge in [-0.25, -0.2) is 0 Å². The van der Waals surface area contributed by atoms with Crippen LogP contribution >= 0.6 is 15.9 Å². The Labute approximate surface area is 69.9 Å². The summed E-state index contributed by atoms with van der Waals surface area (Å²) in [6, 6.07) is 0. The highest BCUT2D eigenvalue weighted by atomic mass is 79.9. The third kappa shape index (κ3) is 1.43. The summed E-state index contributed by atoms with van der Waals surface area (Å²) >= 11 is 3.52. The fraction of sp³-hybridized carbons (Fsp3) is 0.500. The number of alkyl halides is 1. The first-order chi connectivity index (χ1) is 4.75. The zero-order valence-electron chi connectivity index (χ0n) is 6.23. The van der Waals surface area contributed by atoms with Gasteiger partial charge in [0.15, 0.2) is 0 Å². The minimum atomic E-state index is 0.377. The topological polar surface area (TPSA) is 9.23 Å². The first-order valence-electron chi connectivity index (χ1n) is 3.31. The molecule has 1 unspecified atom stereocenters. The molecule has 0 bridgehead atoms. The Morgan fingerprint density at radius 1 is 1.70 bits per heavy atom. The normalized spacial score (nSPS) is 25.3. The van der Waals surface area contributed by atoms with Crippen LogP contribution in [0.5, 0.6) is 0 Å². The zero-order chi connectivity index (χ0) is 7.56. The largest absolute Gasteiger partial charge is 0.500 e. The summed E-state index contributed by atoms with van der Waals surface area (Å²) in [5.74, 6) is 1.06. The molecule has 0 heterocycles. The Morgan fingerprint density at radius 3 is 2.80 bits per heavy atom. The minimum Gasteiger partial charge on any atom is -0.500 e. The molecule has 0 fully saturated rings. The summed E-state index contributed by atoms with van der Waals surface area (Å²) in [6.07, 6.45) is 5.27. The van der Waals surface area contributed by atoms with E-state index in [1.54, 1.807) is 7.11 Å². The molecule has 1 aliphatic rings. The fourth-order valence-electron chi connectivity index (χ4n) is 1.09. The van der Waals surface area contributed by atoms with Crippen molar-refractivity contribution < 1.29 is 4.74 Å². The lowest BCUT2D eigenvalue weighted by atomic mass is 10.1. The Hall–Kier alpha value is -0.240. The van der Waals surface area contributed by atoms with Crippen molar-refractivity contribution in [3.8, 4) is 0 Å². The van der Waals surface area contributed by atoms with Crippen LogP contribution in [-0.4, -0.2) is 11.9 Å². The molecule has 1 aliphatic carbocycles. The molecule has 2 heteroatoms. The monoisotopic (exact) mass is 202 g/mol. The van der Waals surface area contributed by atoms with Crippen molar-refractivity contribution in [2.24, 2.45) is 0 Å². The first kappa shape index (κ1) is 7.86. The Bertz CT molecular complexity index is 182. The van der Waals surface area contributed by atoms with Crippen molar-refractivity contribution in [2.45, 2.75) is 18.2 Å². The van der Waals surface area contributed by atoms with Gasteiger partial charge in [-0.05, 0) is 18.9 Å². The van der Waals surface area contributed by atoms with Crippen LogP contribution in [0, 0.1) is 0 Å². The van der Waals surface area contributed by atoms with Crippen molar-refractivity contribution in [1.29, 1.82) is 0 Å². The van der Waals surface area contributed by atoms with E-state index < -0.39 is 0 Å². The molecule has 0 aliphatic heterocycles. The van der Waals surface area contributed by atoms with Gasteiger partial charge in [0, 0.05) is 0 Å². The predicted octanol–water partition coefficient (Wildman–Crippen LogP) is 2.63. The Morgan fingerprint density at radius 2 is 2.40 bits per heavy atom. The highest BCUT2D eigenvalue weighted by molar-refractivity contribution is 9.09. The van der Waals surface area contributed by atoms with Gasteiger partial charge in [0.1, 0.15) is 5.76 Å². The number of hydrogen-bond acceptors (Lipinski definition) is 1. The summed E-state index contributed by atoms with van der Waals surface area (Å²) in [5, 5.41) is 0. The highest BCUT2D eigenvalue weighted by Gasteiger charge is 2.14. The molecule has 1 atom stereocenters. The van der Waals surface area contributed by atoms with E-state index in [2.05, 4.69) is 35.0 Å². The highest BCUT2D eigenvalue weighted by Crippen LogP contribution is 2.25. The number of hydrogen-bond donors (Lipinski definition) is 0. The molecule has 0 spiro atoms. The van der Waals surface area contributed by atoms with E-state index in [1.807, 2.05) is 0 Å². The molecule has 0 N–H and O–H groups in total. The van der Waals surface area contributed by atoms with Crippen LogP contribution in [-0.2, 0) is 4.74 Å². The standard InChI is InChI=1S/C8H11BrO/c1-6-4-3-5-7(9)8(6)10-2/h3-4,7H,5H2,1-2H3. The summed E-state index contributed by atoms with van der Waals surface area (Å²) < 4.78 is 5.20. The first-order valence-corrected chi connectivity index (χ1v) is 4.22. The third-order valence-electron chi connectivity index (χ3n) is 1.60. The Balaban J connectivity index is 2.83. The lowest BCUT2D eigenvalue weighted by Crippen LogP contribution is -2.08. The van der Waals surface area contributed by atoms with Crippen LogP contribution in [0.25, 0.3) is 0 Å². The van der Waals surface area contributed by atoms with Crippen molar-refractivity contribution >= 4 is 15.9 Å². The molecule has 0 saturated carbocycles. The van der Waals surface area contributed by atoms with E-state index in [1.165, 1.54) is 5.57 Å². The van der Waals surface area contributed by atoms with E-state index >= 15 is 0 Å². The lowest BCUT2D eigenvalue weighted by molar-refractivity contribution is 0.277. The summed E-state index contributed by atoms with van der Waals surface area (Å²) in [5.41, 5.74) is 1.22. The average molecular weight is 203 g/mol. The third-order valence-corrected chi connectivity index (χ3v) is 2.39. The molecule has 0 amide bonds. The van der Waals surface area contributed by atoms with Crippen molar-refractivity contribution in [2.75, 3.05) is 7.11 Å². The molecule has 1 rings (SSSR count). The summed E-state index contributed by atoms with van der Waals surface area (Å²) in [4.78, 5) is 0.377. The van der Waals surface area contributed by atoms with Crippen LogP contribution in [0.2, 0.25) is 0 Å². The predicted molar refractivity (Wildman–Crippen MR) is 46.2 cm³/mol. The number of ether oxygens (including phenoxy) is 1. The number of rotatable bonds is 1. The quantitative estimate of drug-likeness (QED) is 0.595. The SMILES string of the molecule is COC1=C(C)C=CCC1Br.